The third kappa shape index (κ3) is 4.11. The Morgan fingerprint density at radius 3 is 2.45 bits per heavy atom. The molecule has 0 aliphatic rings. The summed E-state index contributed by atoms with van der Waals surface area (Å²) in [5.41, 5.74) is -0.257. The maximum absolute atomic E-state index is 13.4. The van der Waals surface area contributed by atoms with Crippen LogP contribution in [0.25, 0.3) is 0 Å². The number of rotatable bonds is 5. The van der Waals surface area contributed by atoms with Gasteiger partial charge in [-0.05, 0) is 24.3 Å². The Bertz CT molecular complexity index is 716. The van der Waals surface area contributed by atoms with Crippen molar-refractivity contribution in [3.05, 3.63) is 64.7 Å². The van der Waals surface area contributed by atoms with E-state index < -0.39 is 23.4 Å². The zero-order valence-electron chi connectivity index (χ0n) is 11.3. The van der Waals surface area contributed by atoms with Gasteiger partial charge in [-0.2, -0.15) is 0 Å². The Balaban J connectivity index is 1.93. The van der Waals surface area contributed by atoms with Crippen molar-refractivity contribution in [3.63, 3.8) is 0 Å². The lowest BCUT2D eigenvalue weighted by molar-refractivity contribution is -0.134. The summed E-state index contributed by atoms with van der Waals surface area (Å²) < 4.78 is 31.2. The lowest BCUT2D eigenvalue weighted by Crippen LogP contribution is -2.12. The van der Waals surface area contributed by atoms with Gasteiger partial charge in [-0.15, -0.1) is 0 Å². The quantitative estimate of drug-likeness (QED) is 0.470. The van der Waals surface area contributed by atoms with Crippen LogP contribution in [0.4, 0.5) is 8.78 Å². The summed E-state index contributed by atoms with van der Waals surface area (Å²) in [5, 5.41) is 0.270. The maximum Gasteiger partial charge on any atom is 0.311 e. The van der Waals surface area contributed by atoms with Crippen LogP contribution in [0.5, 0.6) is 5.75 Å². The number of hydrogen-bond donors (Lipinski definition) is 0. The van der Waals surface area contributed by atoms with E-state index >= 15 is 0 Å². The lowest BCUT2D eigenvalue weighted by Gasteiger charge is -2.06. The molecule has 114 valence electrons. The molecule has 0 spiro atoms. The fourth-order valence-electron chi connectivity index (χ4n) is 1.77. The van der Waals surface area contributed by atoms with E-state index in [-0.39, 0.29) is 29.2 Å². The van der Waals surface area contributed by atoms with Crippen molar-refractivity contribution in [3.8, 4) is 5.75 Å². The van der Waals surface area contributed by atoms with Crippen LogP contribution >= 0.6 is 11.6 Å². The molecule has 3 nitrogen and oxygen atoms in total. The standard InChI is InChI=1S/C16H11ClF2O3/c17-12-3-1-2-4-15(12)22-16(21)8-7-14(20)11-6-5-10(18)9-13(11)19/h1-6,9H,7-8H2. The summed E-state index contributed by atoms with van der Waals surface area (Å²) in [6.45, 7) is 0. The van der Waals surface area contributed by atoms with Crippen LogP contribution in [-0.4, -0.2) is 11.8 Å². The van der Waals surface area contributed by atoms with Gasteiger partial charge in [0.25, 0.3) is 0 Å². The van der Waals surface area contributed by atoms with Crippen LogP contribution in [0.15, 0.2) is 42.5 Å². The first-order valence-corrected chi connectivity index (χ1v) is 6.78. The Hall–Kier alpha value is -2.27. The third-order valence-electron chi connectivity index (χ3n) is 2.85. The lowest BCUT2D eigenvalue weighted by atomic mass is 10.1. The molecule has 0 aliphatic heterocycles. The summed E-state index contributed by atoms with van der Waals surface area (Å²) >= 11 is 5.83. The van der Waals surface area contributed by atoms with Gasteiger partial charge in [-0.1, -0.05) is 23.7 Å². The highest BCUT2D eigenvalue weighted by molar-refractivity contribution is 6.32. The van der Waals surface area contributed by atoms with E-state index in [0.29, 0.717) is 6.07 Å². The molecule has 22 heavy (non-hydrogen) atoms. The number of Topliss-reactive ketones (excluding diaryl/α,β-unsaturated/α-hetero) is 1. The van der Waals surface area contributed by atoms with Crippen LogP contribution in [0.3, 0.4) is 0 Å². The average molecular weight is 325 g/mol. The smallest absolute Gasteiger partial charge is 0.311 e. The van der Waals surface area contributed by atoms with Gasteiger partial charge in [0.15, 0.2) is 5.78 Å². The molecule has 0 fully saturated rings. The summed E-state index contributed by atoms with van der Waals surface area (Å²) in [5.74, 6) is -2.80. The highest BCUT2D eigenvalue weighted by Crippen LogP contribution is 2.23. The first-order chi connectivity index (χ1) is 10.5. The van der Waals surface area contributed by atoms with Crippen molar-refractivity contribution in [1.29, 1.82) is 0 Å². The first kappa shape index (κ1) is 16.1. The normalized spacial score (nSPS) is 10.3. The number of hydrogen-bond acceptors (Lipinski definition) is 3. The van der Waals surface area contributed by atoms with Crippen molar-refractivity contribution < 1.29 is 23.1 Å². The first-order valence-electron chi connectivity index (χ1n) is 6.41. The molecule has 0 heterocycles. The summed E-state index contributed by atoms with van der Waals surface area (Å²) in [7, 11) is 0. The monoisotopic (exact) mass is 324 g/mol. The summed E-state index contributed by atoms with van der Waals surface area (Å²) in [4.78, 5) is 23.5. The van der Waals surface area contributed by atoms with Crippen LogP contribution in [0.2, 0.25) is 5.02 Å². The Morgan fingerprint density at radius 2 is 1.77 bits per heavy atom. The largest absolute Gasteiger partial charge is 0.425 e. The number of benzene rings is 2. The molecule has 2 rings (SSSR count). The molecule has 2 aromatic rings. The molecular weight excluding hydrogens is 314 g/mol. The molecule has 0 unspecified atom stereocenters. The maximum atomic E-state index is 13.4. The van der Waals surface area contributed by atoms with Gasteiger partial charge in [0.05, 0.1) is 17.0 Å². The van der Waals surface area contributed by atoms with Gasteiger partial charge in [0, 0.05) is 12.5 Å². The number of halogens is 3. The second-order valence-electron chi connectivity index (χ2n) is 4.45. The van der Waals surface area contributed by atoms with E-state index in [1.54, 1.807) is 18.2 Å². The summed E-state index contributed by atoms with van der Waals surface area (Å²) in [6.07, 6.45) is -0.479. The van der Waals surface area contributed by atoms with Gasteiger partial charge in [0.2, 0.25) is 0 Å². The molecule has 0 saturated carbocycles. The minimum absolute atomic E-state index is 0.189. The van der Waals surface area contributed by atoms with E-state index in [0.717, 1.165) is 12.1 Å². The van der Waals surface area contributed by atoms with E-state index in [1.165, 1.54) is 6.07 Å². The number of carbonyl (C=O) groups excluding carboxylic acids is 2. The fourth-order valence-corrected chi connectivity index (χ4v) is 1.94. The van der Waals surface area contributed by atoms with Crippen LogP contribution in [0.1, 0.15) is 23.2 Å². The molecule has 0 N–H and O–H groups in total. The molecule has 0 aliphatic carbocycles. The average Bonchev–Trinajstić information content (AvgIpc) is 2.47. The summed E-state index contributed by atoms with van der Waals surface area (Å²) in [6, 6.07) is 9.05. The number of ketones is 1. The Morgan fingerprint density at radius 1 is 1.05 bits per heavy atom. The third-order valence-corrected chi connectivity index (χ3v) is 3.16. The van der Waals surface area contributed by atoms with Gasteiger partial charge < -0.3 is 4.74 Å². The predicted molar refractivity (Wildman–Crippen MR) is 77.0 cm³/mol. The topological polar surface area (TPSA) is 43.4 Å². The minimum atomic E-state index is -0.954. The SMILES string of the molecule is O=C(CCC(=O)c1ccc(F)cc1F)Oc1ccccc1Cl. The van der Waals surface area contributed by atoms with Crippen molar-refractivity contribution in [1.82, 2.24) is 0 Å². The fraction of sp³-hybridized carbons (Fsp3) is 0.125. The molecule has 0 aromatic heterocycles. The van der Waals surface area contributed by atoms with Gasteiger partial charge in [0.1, 0.15) is 17.4 Å². The van der Waals surface area contributed by atoms with Crippen molar-refractivity contribution in [2.75, 3.05) is 0 Å². The molecule has 0 saturated heterocycles. The van der Waals surface area contributed by atoms with E-state index in [1.807, 2.05) is 0 Å². The molecule has 6 heteroatoms. The predicted octanol–water partition coefficient (Wildman–Crippen LogP) is 4.19. The van der Waals surface area contributed by atoms with E-state index in [4.69, 9.17) is 16.3 Å². The van der Waals surface area contributed by atoms with Crippen LogP contribution in [-0.2, 0) is 4.79 Å². The minimum Gasteiger partial charge on any atom is -0.425 e. The molecule has 0 radical (unpaired) electrons. The molecular formula is C16H11ClF2O3. The van der Waals surface area contributed by atoms with Crippen LogP contribution < -0.4 is 4.74 Å². The number of carbonyl (C=O) groups is 2. The zero-order valence-corrected chi connectivity index (χ0v) is 12.1. The van der Waals surface area contributed by atoms with Crippen LogP contribution in [0, 0.1) is 11.6 Å². The number of para-hydroxylation sites is 1. The number of esters is 1. The van der Waals surface area contributed by atoms with Crippen molar-refractivity contribution >= 4 is 23.4 Å². The molecule has 0 amide bonds. The zero-order chi connectivity index (χ0) is 16.1. The van der Waals surface area contributed by atoms with Gasteiger partial charge in [-0.3, -0.25) is 9.59 Å². The highest BCUT2D eigenvalue weighted by Gasteiger charge is 2.15. The second kappa shape index (κ2) is 7.13. The van der Waals surface area contributed by atoms with Gasteiger partial charge >= 0.3 is 5.97 Å². The molecule has 0 bridgehead atoms. The molecule has 2 aromatic carbocycles. The number of ether oxygens (including phenoxy) is 1. The second-order valence-corrected chi connectivity index (χ2v) is 4.86. The highest BCUT2D eigenvalue weighted by atomic mass is 35.5. The Kier molecular flexibility index (Phi) is 5.22. The Labute approximate surface area is 130 Å². The van der Waals surface area contributed by atoms with E-state index in [9.17, 15) is 18.4 Å². The van der Waals surface area contributed by atoms with Crippen molar-refractivity contribution in [2.24, 2.45) is 0 Å². The molecule has 0 atom stereocenters. The van der Waals surface area contributed by atoms with E-state index in [2.05, 4.69) is 0 Å². The van der Waals surface area contributed by atoms with Crippen molar-refractivity contribution in [2.45, 2.75) is 12.8 Å². The van der Waals surface area contributed by atoms with Gasteiger partial charge in [-0.25, -0.2) is 8.78 Å².